The monoisotopic (exact) mass is 333 g/mol. The van der Waals surface area contributed by atoms with Crippen molar-refractivity contribution < 1.29 is 13.5 Å². The topological polar surface area (TPSA) is 105 Å². The number of nitrogens with zero attached hydrogens (tertiary/aromatic N) is 2. The van der Waals surface area contributed by atoms with Crippen LogP contribution in [0.3, 0.4) is 0 Å². The minimum Gasteiger partial charge on any atom is -0.508 e. The van der Waals surface area contributed by atoms with Crippen molar-refractivity contribution in [2.24, 2.45) is 15.4 Å². The number of hydrogen-bond acceptors (Lipinski definition) is 5. The molecule has 0 aliphatic carbocycles. The summed E-state index contributed by atoms with van der Waals surface area (Å²) in [6, 6.07) is 10.8. The Balaban J connectivity index is 2.27. The van der Waals surface area contributed by atoms with E-state index in [0.29, 0.717) is 11.4 Å². The molecular formula is C16H19N3O3S. The summed E-state index contributed by atoms with van der Waals surface area (Å²) >= 11 is 0. The molecule has 23 heavy (non-hydrogen) atoms. The molecule has 2 aromatic rings. The van der Waals surface area contributed by atoms with Gasteiger partial charge in [0.1, 0.15) is 5.75 Å². The zero-order valence-corrected chi connectivity index (χ0v) is 14.0. The van der Waals surface area contributed by atoms with E-state index in [0.717, 1.165) is 5.56 Å². The molecule has 7 heteroatoms. The Labute approximate surface area is 135 Å². The molecule has 0 unspecified atom stereocenters. The highest BCUT2D eigenvalue weighted by Crippen LogP contribution is 2.34. The van der Waals surface area contributed by atoms with Crippen molar-refractivity contribution in [1.29, 1.82) is 0 Å². The van der Waals surface area contributed by atoms with Crippen LogP contribution in [-0.2, 0) is 15.4 Å². The highest BCUT2D eigenvalue weighted by molar-refractivity contribution is 7.89. The predicted octanol–water partition coefficient (Wildman–Crippen LogP) is 3.75. The molecule has 0 radical (unpaired) electrons. The van der Waals surface area contributed by atoms with Crippen LogP contribution < -0.4 is 5.14 Å². The summed E-state index contributed by atoms with van der Waals surface area (Å²) in [6.07, 6.45) is 0. The number of rotatable bonds is 3. The molecule has 0 aliphatic heterocycles. The van der Waals surface area contributed by atoms with Crippen molar-refractivity contribution >= 4 is 21.4 Å². The van der Waals surface area contributed by atoms with Gasteiger partial charge < -0.3 is 5.11 Å². The maximum atomic E-state index is 11.2. The number of phenolic OH excluding ortho intramolecular Hbond substituents is 1. The van der Waals surface area contributed by atoms with Crippen LogP contribution in [0, 0.1) is 0 Å². The third-order valence-electron chi connectivity index (χ3n) is 3.23. The summed E-state index contributed by atoms with van der Waals surface area (Å²) in [7, 11) is -3.71. The van der Waals surface area contributed by atoms with Gasteiger partial charge in [0.25, 0.3) is 0 Å². The van der Waals surface area contributed by atoms with Gasteiger partial charge in [-0.3, -0.25) is 0 Å². The zero-order valence-electron chi connectivity index (χ0n) is 13.2. The molecule has 0 aromatic heterocycles. The smallest absolute Gasteiger partial charge is 0.238 e. The SMILES string of the molecule is CC(C)(C)c1cc(N=Nc2ccc(S(N)(=O)=O)cc2)ccc1O. The fourth-order valence-corrected chi connectivity index (χ4v) is 2.52. The van der Waals surface area contributed by atoms with Gasteiger partial charge in [-0.1, -0.05) is 20.8 Å². The Morgan fingerprint density at radius 3 is 2.00 bits per heavy atom. The first-order valence-electron chi connectivity index (χ1n) is 6.95. The summed E-state index contributed by atoms with van der Waals surface area (Å²) in [6.45, 7) is 5.98. The van der Waals surface area contributed by atoms with Crippen molar-refractivity contribution in [1.82, 2.24) is 0 Å². The van der Waals surface area contributed by atoms with Gasteiger partial charge in [0, 0.05) is 5.56 Å². The fourth-order valence-electron chi connectivity index (χ4n) is 2.00. The van der Waals surface area contributed by atoms with Crippen molar-refractivity contribution in [3.05, 3.63) is 48.0 Å². The Kier molecular flexibility index (Phi) is 4.53. The number of nitrogens with two attached hydrogens (primary N) is 1. The molecule has 0 heterocycles. The molecule has 3 N–H and O–H groups in total. The third kappa shape index (κ3) is 4.37. The van der Waals surface area contributed by atoms with Crippen molar-refractivity contribution in [2.75, 3.05) is 0 Å². The van der Waals surface area contributed by atoms with E-state index in [9.17, 15) is 13.5 Å². The first kappa shape index (κ1) is 17.1. The average Bonchev–Trinajstić information content (AvgIpc) is 2.44. The lowest BCUT2D eigenvalue weighted by molar-refractivity contribution is 0.447. The van der Waals surface area contributed by atoms with Gasteiger partial charge in [0.05, 0.1) is 16.3 Å². The molecule has 0 saturated heterocycles. The molecule has 2 aromatic carbocycles. The second kappa shape index (κ2) is 6.10. The molecule has 0 amide bonds. The van der Waals surface area contributed by atoms with Gasteiger partial charge in [-0.05, 0) is 47.9 Å². The Morgan fingerprint density at radius 2 is 1.48 bits per heavy atom. The maximum Gasteiger partial charge on any atom is 0.238 e. The second-order valence-electron chi connectivity index (χ2n) is 6.19. The predicted molar refractivity (Wildman–Crippen MR) is 88.8 cm³/mol. The fraction of sp³-hybridized carbons (Fsp3) is 0.250. The van der Waals surface area contributed by atoms with E-state index in [2.05, 4.69) is 10.2 Å². The summed E-state index contributed by atoms with van der Waals surface area (Å²) in [4.78, 5) is 0.0242. The lowest BCUT2D eigenvalue weighted by atomic mass is 9.86. The number of azo groups is 1. The maximum absolute atomic E-state index is 11.2. The molecule has 2 rings (SSSR count). The van der Waals surface area contributed by atoms with Crippen molar-refractivity contribution in [2.45, 2.75) is 31.1 Å². The van der Waals surface area contributed by atoms with E-state index in [4.69, 9.17) is 5.14 Å². The third-order valence-corrected chi connectivity index (χ3v) is 4.16. The molecular weight excluding hydrogens is 314 g/mol. The summed E-state index contributed by atoms with van der Waals surface area (Å²) in [5, 5.41) is 23.1. The summed E-state index contributed by atoms with van der Waals surface area (Å²) < 4.78 is 22.4. The number of benzene rings is 2. The van der Waals surface area contributed by atoms with Gasteiger partial charge in [-0.15, -0.1) is 0 Å². The highest BCUT2D eigenvalue weighted by atomic mass is 32.2. The van der Waals surface area contributed by atoms with Gasteiger partial charge in [0.2, 0.25) is 10.0 Å². The van der Waals surface area contributed by atoms with E-state index in [1.165, 1.54) is 24.3 Å². The van der Waals surface area contributed by atoms with Crippen LogP contribution in [0.1, 0.15) is 26.3 Å². The van der Waals surface area contributed by atoms with Crippen LogP contribution in [-0.4, -0.2) is 13.5 Å². The van der Waals surface area contributed by atoms with Crippen LogP contribution >= 0.6 is 0 Å². The van der Waals surface area contributed by atoms with Gasteiger partial charge in [-0.2, -0.15) is 10.2 Å². The zero-order chi connectivity index (χ0) is 17.3. The first-order chi connectivity index (χ1) is 10.6. The van der Waals surface area contributed by atoms with E-state index in [1.807, 2.05) is 20.8 Å². The lowest BCUT2D eigenvalue weighted by Crippen LogP contribution is -2.11. The van der Waals surface area contributed by atoms with Crippen molar-refractivity contribution in [3.8, 4) is 5.75 Å². The first-order valence-corrected chi connectivity index (χ1v) is 8.50. The van der Waals surface area contributed by atoms with E-state index < -0.39 is 10.0 Å². The van der Waals surface area contributed by atoms with Gasteiger partial charge in [0.15, 0.2) is 0 Å². The molecule has 0 bridgehead atoms. The molecule has 0 aliphatic rings. The second-order valence-corrected chi connectivity index (χ2v) is 7.75. The molecule has 6 nitrogen and oxygen atoms in total. The normalized spacial score (nSPS) is 12.7. The highest BCUT2D eigenvalue weighted by Gasteiger charge is 2.18. The molecule has 0 saturated carbocycles. The minimum atomic E-state index is -3.71. The average molecular weight is 333 g/mol. The number of sulfonamides is 1. The lowest BCUT2D eigenvalue weighted by Gasteiger charge is -2.20. The molecule has 122 valence electrons. The van der Waals surface area contributed by atoms with Crippen LogP contribution in [0.4, 0.5) is 11.4 Å². The Morgan fingerprint density at radius 1 is 0.957 bits per heavy atom. The number of phenols is 1. The van der Waals surface area contributed by atoms with Crippen LogP contribution in [0.2, 0.25) is 0 Å². The number of primary sulfonamides is 1. The summed E-state index contributed by atoms with van der Waals surface area (Å²) in [5.41, 5.74) is 1.66. The number of hydrogen-bond donors (Lipinski definition) is 2. The Hall–Kier alpha value is -2.25. The molecule has 0 fully saturated rings. The molecule has 0 atom stereocenters. The van der Waals surface area contributed by atoms with Gasteiger partial charge >= 0.3 is 0 Å². The summed E-state index contributed by atoms with van der Waals surface area (Å²) in [5.74, 6) is 0.217. The number of aromatic hydroxyl groups is 1. The van der Waals surface area contributed by atoms with Crippen LogP contribution in [0.5, 0.6) is 5.75 Å². The van der Waals surface area contributed by atoms with Crippen LogP contribution in [0.15, 0.2) is 57.6 Å². The van der Waals surface area contributed by atoms with Gasteiger partial charge in [-0.25, -0.2) is 13.6 Å². The quantitative estimate of drug-likeness (QED) is 0.835. The van der Waals surface area contributed by atoms with E-state index >= 15 is 0 Å². The van der Waals surface area contributed by atoms with Crippen LogP contribution in [0.25, 0.3) is 0 Å². The molecule has 0 spiro atoms. The van der Waals surface area contributed by atoms with E-state index in [-0.39, 0.29) is 16.1 Å². The van der Waals surface area contributed by atoms with E-state index in [1.54, 1.807) is 18.2 Å². The Bertz CT molecular complexity index is 836. The minimum absolute atomic E-state index is 0.0242. The van der Waals surface area contributed by atoms with Crippen molar-refractivity contribution in [3.63, 3.8) is 0 Å². The largest absolute Gasteiger partial charge is 0.508 e. The standard InChI is InChI=1S/C16H19N3O3S/c1-16(2,3)14-10-12(6-9-15(14)20)19-18-11-4-7-13(8-5-11)23(17,21)22/h4-10,20H,1-3H3,(H2,17,21,22).